The lowest BCUT2D eigenvalue weighted by Gasteiger charge is -2.17. The van der Waals surface area contributed by atoms with Crippen LogP contribution in [0.15, 0.2) is 30.6 Å². The third kappa shape index (κ3) is 4.08. The maximum Gasteiger partial charge on any atom is 0.425 e. The molecule has 3 aromatic rings. The number of fused-ring (bicyclic) bond motifs is 1. The van der Waals surface area contributed by atoms with Crippen molar-refractivity contribution in [2.45, 2.75) is 31.7 Å². The molecule has 158 valence electrons. The summed E-state index contributed by atoms with van der Waals surface area (Å²) in [7, 11) is 0. The van der Waals surface area contributed by atoms with Gasteiger partial charge in [0.15, 0.2) is 5.69 Å². The molecular formula is C19H18F3N5O2S. The molecule has 7 nitrogen and oxygen atoms in total. The molecule has 2 atom stereocenters. The topological polar surface area (TPSA) is 91.2 Å². The Balaban J connectivity index is 1.75. The zero-order valence-corrected chi connectivity index (χ0v) is 16.7. The third-order valence-corrected chi connectivity index (χ3v) is 6.01. The molecule has 0 spiro atoms. The van der Waals surface area contributed by atoms with Crippen molar-refractivity contribution in [3.63, 3.8) is 0 Å². The number of hydrogen-bond donors (Lipinski definition) is 2. The summed E-state index contributed by atoms with van der Waals surface area (Å²) < 4.78 is 39.8. The number of rotatable bonds is 4. The molecule has 11 heteroatoms. The number of nitrogens with zero attached hydrogens (tertiary/aromatic N) is 4. The molecule has 1 fully saturated rings. The summed E-state index contributed by atoms with van der Waals surface area (Å²) in [5, 5.41) is 12.8. The van der Waals surface area contributed by atoms with Crippen LogP contribution in [0.3, 0.4) is 0 Å². The standard InChI is InChI=1S/C19H18F3N5O2S/c1-10(11-3-2-5-23-8-11)24-18-25-13-7-14(19(20,21)22)30-16(13)15(26-18)17(29)27-6-4-12(28)9-27/h2-3,5,7-8,10,12,28H,4,6,9H2,1H3,(H,24,25,26)/t10?,12-/m0/s1. The van der Waals surface area contributed by atoms with Gasteiger partial charge in [-0.15, -0.1) is 11.3 Å². The van der Waals surface area contributed by atoms with E-state index in [4.69, 9.17) is 0 Å². The van der Waals surface area contributed by atoms with Crippen LogP contribution in [0, 0.1) is 0 Å². The monoisotopic (exact) mass is 437 g/mol. The molecule has 1 amide bonds. The third-order valence-electron chi connectivity index (χ3n) is 4.83. The number of aromatic nitrogens is 3. The fourth-order valence-corrected chi connectivity index (χ4v) is 4.21. The molecule has 4 rings (SSSR count). The van der Waals surface area contributed by atoms with Crippen molar-refractivity contribution in [3.05, 3.63) is 46.7 Å². The maximum absolute atomic E-state index is 13.3. The number of carbonyl (C=O) groups excluding carboxylic acids is 1. The molecular weight excluding hydrogens is 419 g/mol. The number of aliphatic hydroxyl groups excluding tert-OH is 1. The first-order chi connectivity index (χ1) is 14.2. The fraction of sp³-hybridized carbons (Fsp3) is 0.368. The maximum atomic E-state index is 13.3. The number of nitrogens with one attached hydrogen (secondary N) is 1. The molecule has 2 N–H and O–H groups in total. The summed E-state index contributed by atoms with van der Waals surface area (Å²) in [4.78, 5) is 26.0. The van der Waals surface area contributed by atoms with Gasteiger partial charge in [0.05, 0.1) is 22.4 Å². The van der Waals surface area contributed by atoms with Crippen molar-refractivity contribution in [3.8, 4) is 0 Å². The lowest BCUT2D eigenvalue weighted by molar-refractivity contribution is -0.134. The van der Waals surface area contributed by atoms with Gasteiger partial charge in [0.1, 0.15) is 4.88 Å². The molecule has 0 aliphatic carbocycles. The number of alkyl halides is 3. The Morgan fingerprint density at radius 1 is 1.40 bits per heavy atom. The predicted molar refractivity (Wildman–Crippen MR) is 105 cm³/mol. The van der Waals surface area contributed by atoms with Gasteiger partial charge >= 0.3 is 6.18 Å². The molecule has 1 unspecified atom stereocenters. The van der Waals surface area contributed by atoms with Crippen LogP contribution in [-0.2, 0) is 6.18 Å². The summed E-state index contributed by atoms with van der Waals surface area (Å²) in [5.74, 6) is -0.472. The second-order valence-electron chi connectivity index (χ2n) is 7.06. The summed E-state index contributed by atoms with van der Waals surface area (Å²) in [5.41, 5.74) is 0.778. The van der Waals surface area contributed by atoms with E-state index < -0.39 is 23.1 Å². The van der Waals surface area contributed by atoms with E-state index in [9.17, 15) is 23.1 Å². The van der Waals surface area contributed by atoms with Gasteiger partial charge in [-0.3, -0.25) is 9.78 Å². The summed E-state index contributed by atoms with van der Waals surface area (Å²) in [6.07, 6.45) is -1.50. The predicted octanol–water partition coefficient (Wildman–Crippen LogP) is 3.49. The number of thiophene rings is 1. The van der Waals surface area contributed by atoms with E-state index in [0.717, 1.165) is 11.6 Å². The van der Waals surface area contributed by atoms with E-state index in [1.807, 2.05) is 13.0 Å². The van der Waals surface area contributed by atoms with Gasteiger partial charge in [0.25, 0.3) is 5.91 Å². The van der Waals surface area contributed by atoms with Crippen LogP contribution in [0.25, 0.3) is 10.2 Å². The number of β-amino-alcohol motifs (C(OH)–C–C–N with tert-alkyl or cyclic N) is 1. The number of pyridine rings is 1. The highest BCUT2D eigenvalue weighted by Gasteiger charge is 2.35. The zero-order chi connectivity index (χ0) is 21.5. The Hall–Kier alpha value is -2.79. The van der Waals surface area contributed by atoms with Gasteiger partial charge in [-0.2, -0.15) is 13.2 Å². The van der Waals surface area contributed by atoms with Crippen molar-refractivity contribution >= 4 is 33.4 Å². The average Bonchev–Trinajstić information content (AvgIpc) is 3.33. The number of aliphatic hydroxyl groups is 1. The van der Waals surface area contributed by atoms with Gasteiger partial charge in [-0.1, -0.05) is 6.07 Å². The van der Waals surface area contributed by atoms with Gasteiger partial charge in [-0.25, -0.2) is 9.97 Å². The van der Waals surface area contributed by atoms with Gasteiger partial charge in [0, 0.05) is 25.5 Å². The Bertz CT molecular complexity index is 1070. The van der Waals surface area contributed by atoms with E-state index in [2.05, 4.69) is 20.3 Å². The van der Waals surface area contributed by atoms with E-state index in [-0.39, 0.29) is 34.4 Å². The minimum absolute atomic E-state index is 0.0475. The summed E-state index contributed by atoms with van der Waals surface area (Å²) >= 11 is 0.445. The van der Waals surface area contributed by atoms with Crippen molar-refractivity contribution in [2.75, 3.05) is 18.4 Å². The van der Waals surface area contributed by atoms with Gasteiger partial charge in [-0.05, 0) is 31.0 Å². The molecule has 3 aromatic heterocycles. The molecule has 1 saturated heterocycles. The normalized spacial score (nSPS) is 18.0. The van der Waals surface area contributed by atoms with E-state index in [0.29, 0.717) is 24.3 Å². The minimum Gasteiger partial charge on any atom is -0.391 e. The van der Waals surface area contributed by atoms with Gasteiger partial charge in [0.2, 0.25) is 5.95 Å². The molecule has 0 bridgehead atoms. The lowest BCUT2D eigenvalue weighted by Crippen LogP contribution is -2.30. The molecule has 4 heterocycles. The van der Waals surface area contributed by atoms with Crippen LogP contribution in [0.2, 0.25) is 0 Å². The van der Waals surface area contributed by atoms with Crippen LogP contribution in [-0.4, -0.2) is 50.1 Å². The van der Waals surface area contributed by atoms with Crippen molar-refractivity contribution in [1.29, 1.82) is 0 Å². The second kappa shape index (κ2) is 7.80. The van der Waals surface area contributed by atoms with Crippen molar-refractivity contribution in [2.24, 2.45) is 0 Å². The van der Waals surface area contributed by atoms with E-state index in [1.165, 1.54) is 4.90 Å². The van der Waals surface area contributed by atoms with Crippen molar-refractivity contribution < 1.29 is 23.1 Å². The molecule has 0 saturated carbocycles. The van der Waals surface area contributed by atoms with Crippen LogP contribution >= 0.6 is 11.3 Å². The average molecular weight is 437 g/mol. The molecule has 30 heavy (non-hydrogen) atoms. The first-order valence-corrected chi connectivity index (χ1v) is 10.1. The number of likely N-dealkylation sites (tertiary alicyclic amines) is 1. The molecule has 1 aliphatic rings. The van der Waals surface area contributed by atoms with Crippen LogP contribution in [0.1, 0.15) is 40.3 Å². The number of halogens is 3. The molecule has 0 aromatic carbocycles. The zero-order valence-electron chi connectivity index (χ0n) is 15.8. The number of hydrogen-bond acceptors (Lipinski definition) is 7. The first-order valence-electron chi connectivity index (χ1n) is 9.25. The SMILES string of the molecule is CC(Nc1nc(C(=O)N2CC[C@H](O)C2)c2sc(C(F)(F)F)cc2n1)c1cccnc1. The van der Waals surface area contributed by atoms with E-state index >= 15 is 0 Å². The van der Waals surface area contributed by atoms with Gasteiger partial charge < -0.3 is 15.3 Å². The van der Waals surface area contributed by atoms with Crippen LogP contribution in [0.4, 0.5) is 19.1 Å². The number of amides is 1. The Labute approximate surface area is 173 Å². The fourth-order valence-electron chi connectivity index (χ4n) is 3.26. The first kappa shape index (κ1) is 20.5. The van der Waals surface area contributed by atoms with Crippen molar-refractivity contribution in [1.82, 2.24) is 19.9 Å². The van der Waals surface area contributed by atoms with Crippen LogP contribution < -0.4 is 5.32 Å². The Morgan fingerprint density at radius 2 is 2.20 bits per heavy atom. The summed E-state index contributed by atoms with van der Waals surface area (Å²) in [6, 6.07) is 4.25. The minimum atomic E-state index is -4.55. The number of carbonyl (C=O) groups is 1. The molecule has 0 radical (unpaired) electrons. The molecule has 1 aliphatic heterocycles. The highest BCUT2D eigenvalue weighted by atomic mass is 32.1. The number of anilines is 1. The van der Waals surface area contributed by atoms with E-state index in [1.54, 1.807) is 18.5 Å². The largest absolute Gasteiger partial charge is 0.425 e. The Kier molecular flexibility index (Phi) is 5.33. The second-order valence-corrected chi connectivity index (χ2v) is 8.12. The Morgan fingerprint density at radius 3 is 2.83 bits per heavy atom. The quantitative estimate of drug-likeness (QED) is 0.649. The summed E-state index contributed by atoms with van der Waals surface area (Å²) in [6.45, 7) is 2.27. The highest BCUT2D eigenvalue weighted by Crippen LogP contribution is 2.39. The van der Waals surface area contributed by atoms with Crippen LogP contribution in [0.5, 0.6) is 0 Å². The smallest absolute Gasteiger partial charge is 0.391 e. The highest BCUT2D eigenvalue weighted by molar-refractivity contribution is 7.19. The lowest BCUT2D eigenvalue weighted by atomic mass is 10.1.